The molecule has 0 aliphatic rings. The van der Waals surface area contributed by atoms with Gasteiger partial charge < -0.3 is 14.6 Å². The number of nitrogens with zero attached hydrogens (tertiary/aromatic N) is 6. The number of amides is 1. The van der Waals surface area contributed by atoms with Crippen LogP contribution in [0.4, 0.5) is 0 Å². The summed E-state index contributed by atoms with van der Waals surface area (Å²) in [4.78, 5) is 42.7. The van der Waals surface area contributed by atoms with Crippen LogP contribution in [-0.2, 0) is 11.2 Å². The number of methoxy groups -OCH3 is 1. The fourth-order valence-corrected chi connectivity index (χ4v) is 4.35. The number of benzene rings is 1. The summed E-state index contributed by atoms with van der Waals surface area (Å²) < 4.78 is 8.52. The second-order valence-corrected chi connectivity index (χ2v) is 8.93. The lowest BCUT2D eigenvalue weighted by Gasteiger charge is -2.21. The number of carbonyl (C=O) groups is 2. The first-order valence-corrected chi connectivity index (χ1v) is 12.3. The molecule has 0 saturated carbocycles. The molecule has 12 heteroatoms. The van der Waals surface area contributed by atoms with Gasteiger partial charge in [-0.1, -0.05) is 31.0 Å². The molecule has 4 rings (SSSR count). The monoisotopic (exact) mass is 535 g/mol. The molecule has 1 N–H and O–H groups in total. The number of hydrogen-bond acceptors (Lipinski definition) is 8. The zero-order valence-corrected chi connectivity index (χ0v) is 21.8. The van der Waals surface area contributed by atoms with Gasteiger partial charge in [0.2, 0.25) is 0 Å². The number of pyridine rings is 2. The van der Waals surface area contributed by atoms with Crippen molar-refractivity contribution in [1.82, 2.24) is 35.1 Å². The molecule has 0 saturated heterocycles. The average molecular weight is 536 g/mol. The number of Topliss-reactive ketones (excluding diaryl/α,β-unsaturated/α-hetero) is 1. The maximum Gasteiger partial charge on any atom is 0.269 e. The Kier molecular flexibility index (Phi) is 8.27. The first-order valence-electron chi connectivity index (χ1n) is 11.9. The van der Waals surface area contributed by atoms with Crippen LogP contribution in [0.25, 0.3) is 16.8 Å². The van der Waals surface area contributed by atoms with Crippen molar-refractivity contribution in [2.75, 3.05) is 14.2 Å². The predicted octanol–water partition coefficient (Wildman–Crippen LogP) is 3.06. The summed E-state index contributed by atoms with van der Waals surface area (Å²) in [5, 5.41) is 14.3. The molecule has 0 aliphatic heterocycles. The standard InChI is InChI=1S/C26H26ClN7O4/c1-4-5-22(23(35)10-16-6-8-20(29-13-16)26(37)28-2)33-14-24(38-3)19(12-25(33)36)18-11-17(27)7-9-21(18)34-15-30-31-32-34/h6-9,11-15,22H,4-5,10H2,1-3H3,(H,28,37). The number of tetrazole rings is 1. The van der Waals surface area contributed by atoms with Crippen LogP contribution in [0.3, 0.4) is 0 Å². The number of ether oxygens (including phenoxy) is 1. The van der Waals surface area contributed by atoms with E-state index in [1.54, 1.807) is 36.5 Å². The van der Waals surface area contributed by atoms with Crippen molar-refractivity contribution >= 4 is 23.3 Å². The number of halogens is 1. The van der Waals surface area contributed by atoms with E-state index in [1.165, 1.54) is 42.0 Å². The SMILES string of the molecule is CCCC(C(=O)Cc1ccc(C(=O)NC)nc1)n1cc(OC)c(-c2cc(Cl)ccc2-n2cnnn2)cc1=O. The van der Waals surface area contributed by atoms with E-state index in [9.17, 15) is 14.4 Å². The Balaban J connectivity index is 1.71. The first kappa shape index (κ1) is 26.7. The van der Waals surface area contributed by atoms with Gasteiger partial charge in [-0.15, -0.1) is 5.10 Å². The summed E-state index contributed by atoms with van der Waals surface area (Å²) in [6.07, 6.45) is 5.67. The Hall–Kier alpha value is -4.38. The molecule has 1 amide bonds. The highest BCUT2D eigenvalue weighted by Gasteiger charge is 2.24. The molecule has 1 atom stereocenters. The molecule has 0 spiro atoms. The van der Waals surface area contributed by atoms with Crippen LogP contribution in [-0.4, -0.2) is 55.6 Å². The molecule has 38 heavy (non-hydrogen) atoms. The van der Waals surface area contributed by atoms with E-state index in [0.29, 0.717) is 46.0 Å². The van der Waals surface area contributed by atoms with Crippen molar-refractivity contribution in [2.24, 2.45) is 0 Å². The van der Waals surface area contributed by atoms with Crippen molar-refractivity contribution in [2.45, 2.75) is 32.2 Å². The number of nitrogens with one attached hydrogen (secondary N) is 1. The Labute approximate surface area is 223 Å². The van der Waals surface area contributed by atoms with Gasteiger partial charge in [-0.25, -0.2) is 0 Å². The smallest absolute Gasteiger partial charge is 0.269 e. The number of carbonyl (C=O) groups excluding carboxylic acids is 2. The molecular formula is C26H26ClN7O4. The van der Waals surface area contributed by atoms with Crippen molar-refractivity contribution in [3.8, 4) is 22.6 Å². The van der Waals surface area contributed by atoms with E-state index in [1.807, 2.05) is 6.92 Å². The van der Waals surface area contributed by atoms with Gasteiger partial charge in [-0.2, -0.15) is 4.68 Å². The molecule has 0 radical (unpaired) electrons. The molecule has 0 bridgehead atoms. The molecule has 3 heterocycles. The fraction of sp³-hybridized carbons (Fsp3) is 0.269. The summed E-state index contributed by atoms with van der Waals surface area (Å²) >= 11 is 6.28. The van der Waals surface area contributed by atoms with Crippen LogP contribution in [0.1, 0.15) is 41.9 Å². The molecule has 0 aliphatic carbocycles. The van der Waals surface area contributed by atoms with Gasteiger partial charge in [-0.3, -0.25) is 19.4 Å². The summed E-state index contributed by atoms with van der Waals surface area (Å²) in [7, 11) is 3.01. The third kappa shape index (κ3) is 5.62. The largest absolute Gasteiger partial charge is 0.495 e. The van der Waals surface area contributed by atoms with E-state index in [0.717, 1.165) is 0 Å². The second kappa shape index (κ2) is 11.8. The van der Waals surface area contributed by atoms with Crippen LogP contribution < -0.4 is 15.6 Å². The van der Waals surface area contributed by atoms with Gasteiger partial charge in [0, 0.05) is 41.9 Å². The minimum absolute atomic E-state index is 0.0555. The topological polar surface area (TPSA) is 134 Å². The maximum atomic E-state index is 13.4. The Morgan fingerprint density at radius 2 is 1.97 bits per heavy atom. The average Bonchev–Trinajstić information content (AvgIpc) is 3.46. The molecule has 4 aromatic rings. The lowest BCUT2D eigenvalue weighted by atomic mass is 9.99. The molecule has 0 fully saturated rings. The highest BCUT2D eigenvalue weighted by molar-refractivity contribution is 6.31. The molecule has 11 nitrogen and oxygen atoms in total. The number of hydrogen-bond donors (Lipinski definition) is 1. The van der Waals surface area contributed by atoms with Crippen molar-refractivity contribution < 1.29 is 14.3 Å². The van der Waals surface area contributed by atoms with Crippen LogP contribution >= 0.6 is 11.6 Å². The van der Waals surface area contributed by atoms with Crippen molar-refractivity contribution in [1.29, 1.82) is 0 Å². The van der Waals surface area contributed by atoms with Gasteiger partial charge in [0.1, 0.15) is 17.8 Å². The zero-order chi connectivity index (χ0) is 27.2. The predicted molar refractivity (Wildman–Crippen MR) is 141 cm³/mol. The second-order valence-electron chi connectivity index (χ2n) is 8.50. The van der Waals surface area contributed by atoms with Crippen molar-refractivity contribution in [3.63, 3.8) is 0 Å². The van der Waals surface area contributed by atoms with Gasteiger partial charge in [0.05, 0.1) is 25.0 Å². The fourth-order valence-electron chi connectivity index (χ4n) is 4.18. The molecular weight excluding hydrogens is 510 g/mol. The highest BCUT2D eigenvalue weighted by Crippen LogP contribution is 2.35. The summed E-state index contributed by atoms with van der Waals surface area (Å²) in [6.45, 7) is 1.95. The molecule has 1 unspecified atom stereocenters. The summed E-state index contributed by atoms with van der Waals surface area (Å²) in [5.41, 5.74) is 2.20. The maximum absolute atomic E-state index is 13.4. The summed E-state index contributed by atoms with van der Waals surface area (Å²) in [5.74, 6) is -0.0875. The Bertz CT molecular complexity index is 1500. The van der Waals surface area contributed by atoms with Crippen LogP contribution in [0, 0.1) is 0 Å². The van der Waals surface area contributed by atoms with Gasteiger partial charge in [-0.05, 0) is 46.7 Å². The zero-order valence-electron chi connectivity index (χ0n) is 21.1. The molecule has 196 valence electrons. The third-order valence-electron chi connectivity index (χ3n) is 6.04. The first-order chi connectivity index (χ1) is 18.4. The van der Waals surface area contributed by atoms with E-state index in [-0.39, 0.29) is 29.4 Å². The molecule has 1 aromatic carbocycles. The van der Waals surface area contributed by atoms with E-state index in [2.05, 4.69) is 25.8 Å². The lowest BCUT2D eigenvalue weighted by Crippen LogP contribution is -2.30. The van der Waals surface area contributed by atoms with E-state index in [4.69, 9.17) is 16.3 Å². The Morgan fingerprint density at radius 1 is 1.16 bits per heavy atom. The number of rotatable bonds is 10. The highest BCUT2D eigenvalue weighted by atomic mass is 35.5. The quantitative estimate of drug-likeness (QED) is 0.327. The third-order valence-corrected chi connectivity index (χ3v) is 6.28. The van der Waals surface area contributed by atoms with E-state index >= 15 is 0 Å². The minimum Gasteiger partial charge on any atom is -0.495 e. The van der Waals surface area contributed by atoms with E-state index < -0.39 is 6.04 Å². The van der Waals surface area contributed by atoms with Gasteiger partial charge in [0.15, 0.2) is 5.78 Å². The van der Waals surface area contributed by atoms with Crippen LogP contribution in [0.15, 0.2) is 59.9 Å². The summed E-state index contributed by atoms with van der Waals surface area (Å²) in [6, 6.07) is 9.09. The number of ketones is 1. The Morgan fingerprint density at radius 3 is 2.61 bits per heavy atom. The van der Waals surface area contributed by atoms with Gasteiger partial charge in [0.25, 0.3) is 11.5 Å². The van der Waals surface area contributed by atoms with Crippen LogP contribution in [0.2, 0.25) is 5.02 Å². The van der Waals surface area contributed by atoms with Crippen LogP contribution in [0.5, 0.6) is 5.75 Å². The normalized spacial score (nSPS) is 11.7. The van der Waals surface area contributed by atoms with Crippen molar-refractivity contribution in [3.05, 3.63) is 81.8 Å². The lowest BCUT2D eigenvalue weighted by molar-refractivity contribution is -0.121. The number of aromatic nitrogens is 6. The minimum atomic E-state index is -0.715. The molecule has 3 aromatic heterocycles. The van der Waals surface area contributed by atoms with Gasteiger partial charge >= 0.3 is 0 Å².